The van der Waals surface area contributed by atoms with Gasteiger partial charge in [0.2, 0.25) is 0 Å². The number of nitrogens with zero attached hydrogens (tertiary/aromatic N) is 1. The van der Waals surface area contributed by atoms with E-state index >= 15 is 0 Å². The Balaban J connectivity index is 2.04. The Morgan fingerprint density at radius 1 is 1.17 bits per heavy atom. The molecule has 2 aromatic carbocycles. The number of hydrogen-bond donors (Lipinski definition) is 1. The quantitative estimate of drug-likeness (QED) is 0.755. The average Bonchev–Trinajstić information content (AvgIpc) is 2.89. The first-order chi connectivity index (χ1) is 11.4. The molecule has 1 aliphatic heterocycles. The fourth-order valence-corrected chi connectivity index (χ4v) is 2.71. The summed E-state index contributed by atoms with van der Waals surface area (Å²) in [5, 5.41) is 3.39. The van der Waals surface area contributed by atoms with E-state index in [0.29, 0.717) is 18.0 Å². The summed E-state index contributed by atoms with van der Waals surface area (Å²) in [6, 6.07) is 9.25. The van der Waals surface area contributed by atoms with Crippen molar-refractivity contribution in [2.24, 2.45) is 10.9 Å². The molecule has 0 unspecified atom stereocenters. The van der Waals surface area contributed by atoms with E-state index < -0.39 is 0 Å². The van der Waals surface area contributed by atoms with Crippen molar-refractivity contribution in [3.05, 3.63) is 58.4 Å². The number of fused-ring (bicyclic) bond motifs is 1. The van der Waals surface area contributed by atoms with Crippen LogP contribution in [0.25, 0.3) is 0 Å². The van der Waals surface area contributed by atoms with Crippen molar-refractivity contribution in [3.8, 4) is 11.8 Å². The van der Waals surface area contributed by atoms with E-state index in [4.69, 9.17) is 0 Å². The second-order valence-corrected chi connectivity index (χ2v) is 6.47. The molecule has 0 bridgehead atoms. The van der Waals surface area contributed by atoms with Crippen LogP contribution in [-0.2, 0) is 6.54 Å². The van der Waals surface area contributed by atoms with E-state index in [2.05, 4.69) is 48.1 Å². The highest BCUT2D eigenvalue weighted by Crippen LogP contribution is 2.29. The van der Waals surface area contributed by atoms with Crippen LogP contribution in [0.5, 0.6) is 0 Å². The van der Waals surface area contributed by atoms with Gasteiger partial charge in [0.15, 0.2) is 0 Å². The van der Waals surface area contributed by atoms with Crippen molar-refractivity contribution in [2.75, 3.05) is 5.32 Å². The second kappa shape index (κ2) is 6.49. The van der Waals surface area contributed by atoms with Crippen LogP contribution in [-0.4, -0.2) is 5.71 Å². The highest BCUT2D eigenvalue weighted by molar-refractivity contribution is 6.03. The number of aryl methyl sites for hydroxylation is 1. The van der Waals surface area contributed by atoms with E-state index in [-0.39, 0.29) is 5.82 Å². The molecule has 1 aliphatic rings. The highest BCUT2D eigenvalue weighted by atomic mass is 19.1. The van der Waals surface area contributed by atoms with E-state index in [1.165, 1.54) is 11.6 Å². The van der Waals surface area contributed by atoms with Gasteiger partial charge in [0.1, 0.15) is 5.82 Å². The summed E-state index contributed by atoms with van der Waals surface area (Å²) in [4.78, 5) is 4.51. The molecule has 0 saturated heterocycles. The van der Waals surface area contributed by atoms with Crippen molar-refractivity contribution in [2.45, 2.75) is 34.2 Å². The van der Waals surface area contributed by atoms with Gasteiger partial charge in [-0.15, -0.1) is 0 Å². The first-order valence-electron chi connectivity index (χ1n) is 8.17. The zero-order valence-corrected chi connectivity index (χ0v) is 14.5. The minimum atomic E-state index is -0.197. The van der Waals surface area contributed by atoms with Crippen LogP contribution in [0.2, 0.25) is 0 Å². The standard InChI is InChI=1S/C21H21FN2/c1-13(2)5-6-16-10-17-12-23-15(4)19(17)11-21(16)24-18-7-8-20(22)14(3)9-18/h7-11,13,24H,12H2,1-4H3. The Kier molecular flexibility index (Phi) is 4.40. The molecule has 0 aliphatic carbocycles. The minimum Gasteiger partial charge on any atom is -0.354 e. The van der Waals surface area contributed by atoms with Crippen LogP contribution in [0.3, 0.4) is 0 Å². The third-order valence-corrected chi connectivity index (χ3v) is 4.05. The third kappa shape index (κ3) is 3.33. The number of benzene rings is 2. The number of anilines is 2. The van der Waals surface area contributed by atoms with Crippen LogP contribution in [0.1, 0.15) is 43.0 Å². The molecule has 2 aromatic rings. The number of aliphatic imine (C=N–C) groups is 1. The monoisotopic (exact) mass is 320 g/mol. The van der Waals surface area contributed by atoms with Gasteiger partial charge >= 0.3 is 0 Å². The molecule has 2 nitrogen and oxygen atoms in total. The van der Waals surface area contributed by atoms with Crippen molar-refractivity contribution < 1.29 is 4.39 Å². The molecule has 24 heavy (non-hydrogen) atoms. The van der Waals surface area contributed by atoms with E-state index in [1.54, 1.807) is 13.0 Å². The molecule has 0 saturated carbocycles. The van der Waals surface area contributed by atoms with Gasteiger partial charge in [0.05, 0.1) is 12.2 Å². The van der Waals surface area contributed by atoms with E-state index in [9.17, 15) is 4.39 Å². The molecule has 0 radical (unpaired) electrons. The van der Waals surface area contributed by atoms with Crippen molar-refractivity contribution in [3.63, 3.8) is 0 Å². The maximum atomic E-state index is 13.5. The van der Waals surface area contributed by atoms with Crippen LogP contribution in [0.15, 0.2) is 35.3 Å². The molecule has 1 heterocycles. The van der Waals surface area contributed by atoms with Gasteiger partial charge in [-0.05, 0) is 55.3 Å². The van der Waals surface area contributed by atoms with Gasteiger partial charge in [0.25, 0.3) is 0 Å². The lowest BCUT2D eigenvalue weighted by atomic mass is 10.0. The Bertz CT molecular complexity index is 883. The topological polar surface area (TPSA) is 24.4 Å². The number of rotatable bonds is 2. The number of halogens is 1. The largest absolute Gasteiger partial charge is 0.354 e. The molecule has 0 spiro atoms. The van der Waals surface area contributed by atoms with Crippen molar-refractivity contribution in [1.82, 2.24) is 0 Å². The Hall–Kier alpha value is -2.60. The van der Waals surface area contributed by atoms with Gasteiger partial charge in [0, 0.05) is 28.4 Å². The first kappa shape index (κ1) is 16.3. The summed E-state index contributed by atoms with van der Waals surface area (Å²) in [6.07, 6.45) is 0. The Morgan fingerprint density at radius 2 is 1.96 bits per heavy atom. The summed E-state index contributed by atoms with van der Waals surface area (Å²) >= 11 is 0. The van der Waals surface area contributed by atoms with Gasteiger partial charge in [-0.25, -0.2) is 4.39 Å². The smallest absolute Gasteiger partial charge is 0.126 e. The van der Waals surface area contributed by atoms with Gasteiger partial charge in [-0.1, -0.05) is 25.7 Å². The predicted octanol–water partition coefficient (Wildman–Crippen LogP) is 5.21. The maximum absolute atomic E-state index is 13.5. The summed E-state index contributed by atoms with van der Waals surface area (Å²) in [7, 11) is 0. The molecule has 0 fully saturated rings. The highest BCUT2D eigenvalue weighted by Gasteiger charge is 2.15. The fraction of sp³-hybridized carbons (Fsp3) is 0.286. The Morgan fingerprint density at radius 3 is 2.67 bits per heavy atom. The summed E-state index contributed by atoms with van der Waals surface area (Å²) in [5.74, 6) is 6.60. The Labute approximate surface area is 142 Å². The maximum Gasteiger partial charge on any atom is 0.126 e. The molecule has 1 N–H and O–H groups in total. The normalized spacial score (nSPS) is 12.5. The van der Waals surface area contributed by atoms with Crippen LogP contribution in [0, 0.1) is 30.5 Å². The average molecular weight is 320 g/mol. The van der Waals surface area contributed by atoms with Crippen molar-refractivity contribution >= 4 is 17.1 Å². The van der Waals surface area contributed by atoms with Crippen molar-refractivity contribution in [1.29, 1.82) is 0 Å². The van der Waals surface area contributed by atoms with E-state index in [0.717, 1.165) is 28.2 Å². The summed E-state index contributed by atoms with van der Waals surface area (Å²) < 4.78 is 13.5. The second-order valence-electron chi connectivity index (χ2n) is 6.47. The predicted molar refractivity (Wildman–Crippen MR) is 98.5 cm³/mol. The SMILES string of the molecule is CC1=NCc2cc(C#CC(C)C)c(Nc3ccc(F)c(C)c3)cc21. The summed E-state index contributed by atoms with van der Waals surface area (Å²) in [5.41, 5.74) is 6.78. The molecule has 3 heteroatoms. The molecule has 0 aromatic heterocycles. The summed E-state index contributed by atoms with van der Waals surface area (Å²) in [6.45, 7) is 8.65. The van der Waals surface area contributed by atoms with E-state index in [1.807, 2.05) is 13.0 Å². The van der Waals surface area contributed by atoms with Crippen LogP contribution < -0.4 is 5.32 Å². The third-order valence-electron chi connectivity index (χ3n) is 4.05. The fourth-order valence-electron chi connectivity index (χ4n) is 2.71. The number of nitrogens with one attached hydrogen (secondary N) is 1. The molecule has 3 rings (SSSR count). The van der Waals surface area contributed by atoms with Gasteiger partial charge in [-0.2, -0.15) is 0 Å². The molecule has 0 amide bonds. The van der Waals surface area contributed by atoms with Crippen LogP contribution in [0.4, 0.5) is 15.8 Å². The molecule has 0 atom stereocenters. The minimum absolute atomic E-state index is 0.197. The lowest BCUT2D eigenvalue weighted by molar-refractivity contribution is 0.619. The number of hydrogen-bond acceptors (Lipinski definition) is 2. The lowest BCUT2D eigenvalue weighted by Crippen LogP contribution is -2.00. The lowest BCUT2D eigenvalue weighted by Gasteiger charge is -2.13. The van der Waals surface area contributed by atoms with Gasteiger partial charge in [-0.3, -0.25) is 4.99 Å². The molecular weight excluding hydrogens is 299 g/mol. The zero-order valence-electron chi connectivity index (χ0n) is 14.5. The van der Waals surface area contributed by atoms with Gasteiger partial charge < -0.3 is 5.32 Å². The zero-order chi connectivity index (χ0) is 17.3. The first-order valence-corrected chi connectivity index (χ1v) is 8.17. The van der Waals surface area contributed by atoms with Crippen LogP contribution >= 0.6 is 0 Å². The molecule has 122 valence electrons. The molecular formula is C21H21FN2.